The van der Waals surface area contributed by atoms with Gasteiger partial charge in [-0.05, 0) is 42.9 Å². The Labute approximate surface area is 175 Å². The number of nitrogens with zero attached hydrogens (tertiary/aromatic N) is 1. The summed E-state index contributed by atoms with van der Waals surface area (Å²) >= 11 is 5.93. The molecule has 0 radical (unpaired) electrons. The van der Waals surface area contributed by atoms with Crippen LogP contribution in [0.1, 0.15) is 39.5 Å². The van der Waals surface area contributed by atoms with Crippen LogP contribution in [0.25, 0.3) is 0 Å². The van der Waals surface area contributed by atoms with Gasteiger partial charge in [0.25, 0.3) is 5.91 Å². The van der Waals surface area contributed by atoms with E-state index in [9.17, 15) is 14.4 Å². The van der Waals surface area contributed by atoms with Crippen molar-refractivity contribution >= 4 is 35.1 Å². The molecule has 4 amide bonds. The molecule has 29 heavy (non-hydrogen) atoms. The van der Waals surface area contributed by atoms with Crippen LogP contribution < -0.4 is 16.1 Å². The zero-order valence-corrected chi connectivity index (χ0v) is 17.5. The summed E-state index contributed by atoms with van der Waals surface area (Å²) in [5, 5.41) is 14.7. The minimum atomic E-state index is -0.818. The molecule has 1 fully saturated rings. The van der Waals surface area contributed by atoms with Gasteiger partial charge in [0, 0.05) is 17.3 Å². The zero-order chi connectivity index (χ0) is 21.4. The van der Waals surface area contributed by atoms with Gasteiger partial charge in [0.05, 0.1) is 0 Å². The van der Waals surface area contributed by atoms with E-state index in [2.05, 4.69) is 10.6 Å². The van der Waals surface area contributed by atoms with Gasteiger partial charge in [-0.1, -0.05) is 44.4 Å². The predicted molar refractivity (Wildman–Crippen MR) is 111 cm³/mol. The molecule has 0 aromatic heterocycles. The van der Waals surface area contributed by atoms with Crippen molar-refractivity contribution in [1.29, 1.82) is 0 Å². The minimum absolute atomic E-state index is 0.198. The summed E-state index contributed by atoms with van der Waals surface area (Å²) in [6.45, 7) is 3.81. The van der Waals surface area contributed by atoms with E-state index in [0.717, 1.165) is 25.7 Å². The topological polar surface area (TPSA) is 111 Å². The molecular weight excluding hydrogens is 396 g/mol. The number of halogens is 1. The maximum Gasteiger partial charge on any atom is 0.319 e. The molecule has 0 aliphatic heterocycles. The summed E-state index contributed by atoms with van der Waals surface area (Å²) in [5.41, 5.74) is 2.08. The second-order valence-corrected chi connectivity index (χ2v) is 8.17. The molecule has 160 valence electrons. The Hall–Kier alpha value is -2.32. The third kappa shape index (κ3) is 7.21. The van der Waals surface area contributed by atoms with Crippen LogP contribution in [0.15, 0.2) is 24.3 Å². The van der Waals surface area contributed by atoms with Crippen molar-refractivity contribution in [2.45, 2.75) is 45.6 Å². The largest absolute Gasteiger partial charge is 0.331 e. The highest BCUT2D eigenvalue weighted by Crippen LogP contribution is 2.26. The van der Waals surface area contributed by atoms with Crippen molar-refractivity contribution in [3.8, 4) is 0 Å². The molecular formula is C20H29ClN4O4. The average Bonchev–Trinajstić information content (AvgIpc) is 3.17. The van der Waals surface area contributed by atoms with Gasteiger partial charge >= 0.3 is 6.03 Å². The average molecular weight is 425 g/mol. The number of amides is 4. The Morgan fingerprint density at radius 2 is 1.93 bits per heavy atom. The van der Waals surface area contributed by atoms with Crippen LogP contribution in [-0.4, -0.2) is 47.1 Å². The van der Waals surface area contributed by atoms with E-state index in [4.69, 9.17) is 16.8 Å². The van der Waals surface area contributed by atoms with Crippen LogP contribution in [0.3, 0.4) is 0 Å². The number of hydrogen-bond acceptors (Lipinski definition) is 4. The Bertz CT molecular complexity index is 722. The Morgan fingerprint density at radius 3 is 2.52 bits per heavy atom. The zero-order valence-electron chi connectivity index (χ0n) is 16.8. The van der Waals surface area contributed by atoms with Crippen molar-refractivity contribution < 1.29 is 19.6 Å². The molecule has 0 unspecified atom stereocenters. The number of carbonyl (C=O) groups is 3. The van der Waals surface area contributed by atoms with Gasteiger partial charge in [-0.15, -0.1) is 0 Å². The summed E-state index contributed by atoms with van der Waals surface area (Å²) in [6.07, 6.45) is 4.21. The molecule has 1 atom stereocenters. The fraction of sp³-hybridized carbons (Fsp3) is 0.550. The van der Waals surface area contributed by atoms with E-state index in [1.807, 2.05) is 13.8 Å². The van der Waals surface area contributed by atoms with Crippen molar-refractivity contribution in [2.75, 3.05) is 18.4 Å². The molecule has 1 saturated carbocycles. The van der Waals surface area contributed by atoms with E-state index < -0.39 is 18.0 Å². The molecule has 4 N–H and O–H groups in total. The molecule has 1 aliphatic rings. The van der Waals surface area contributed by atoms with E-state index in [0.29, 0.717) is 23.2 Å². The number of rotatable bonds is 8. The maximum absolute atomic E-state index is 13.2. The van der Waals surface area contributed by atoms with Gasteiger partial charge in [-0.2, -0.15) is 0 Å². The first-order chi connectivity index (χ1) is 13.8. The van der Waals surface area contributed by atoms with E-state index in [-0.39, 0.29) is 18.4 Å². The molecule has 8 nitrogen and oxygen atoms in total. The summed E-state index contributed by atoms with van der Waals surface area (Å²) < 4.78 is 0. The molecule has 0 heterocycles. The predicted octanol–water partition coefficient (Wildman–Crippen LogP) is 3.01. The first kappa shape index (κ1) is 23.0. The summed E-state index contributed by atoms with van der Waals surface area (Å²) in [5.74, 6) is -0.895. The monoisotopic (exact) mass is 424 g/mol. The molecule has 0 bridgehead atoms. The molecule has 0 spiro atoms. The Kier molecular flexibility index (Phi) is 8.72. The van der Waals surface area contributed by atoms with Crippen molar-refractivity contribution in [3.05, 3.63) is 29.3 Å². The molecule has 1 aliphatic carbocycles. The molecule has 9 heteroatoms. The number of carbonyl (C=O) groups excluding carboxylic acids is 3. The number of urea groups is 1. The van der Waals surface area contributed by atoms with Crippen molar-refractivity contribution in [3.63, 3.8) is 0 Å². The van der Waals surface area contributed by atoms with Gasteiger partial charge in [-0.25, -0.2) is 10.3 Å². The Balaban J connectivity index is 2.08. The third-order valence-corrected chi connectivity index (χ3v) is 5.26. The van der Waals surface area contributed by atoms with Crippen LogP contribution in [0, 0.1) is 11.8 Å². The van der Waals surface area contributed by atoms with Gasteiger partial charge in [-0.3, -0.25) is 14.8 Å². The number of benzene rings is 1. The second kappa shape index (κ2) is 11.0. The third-order valence-electron chi connectivity index (χ3n) is 5.03. The fourth-order valence-electron chi connectivity index (χ4n) is 3.53. The first-order valence-corrected chi connectivity index (χ1v) is 10.2. The quantitative estimate of drug-likeness (QED) is 0.379. The van der Waals surface area contributed by atoms with Crippen molar-refractivity contribution in [1.82, 2.24) is 15.7 Å². The van der Waals surface area contributed by atoms with Gasteiger partial charge < -0.3 is 15.5 Å². The second-order valence-electron chi connectivity index (χ2n) is 7.73. The lowest BCUT2D eigenvalue weighted by Crippen LogP contribution is -2.54. The fourth-order valence-corrected chi connectivity index (χ4v) is 3.72. The standard InChI is InChI=1S/C20H29ClN4O4/c1-13(2)18(23-20(28)22-16-9-5-8-15(21)10-16)19(27)25(12-17(26)24-29)11-14-6-3-4-7-14/h5,8-10,13-14,18,29H,3-4,6-7,11-12H2,1-2H3,(H,24,26)(H2,22,23,28)/t18-/m0/s1. The van der Waals surface area contributed by atoms with Crippen LogP contribution in [0.4, 0.5) is 10.5 Å². The van der Waals surface area contributed by atoms with E-state index >= 15 is 0 Å². The lowest BCUT2D eigenvalue weighted by Gasteiger charge is -2.31. The van der Waals surface area contributed by atoms with E-state index in [1.54, 1.807) is 29.7 Å². The number of hydroxylamine groups is 1. The lowest BCUT2D eigenvalue weighted by atomic mass is 10.0. The van der Waals surface area contributed by atoms with Crippen LogP contribution in [0.5, 0.6) is 0 Å². The Morgan fingerprint density at radius 1 is 1.24 bits per heavy atom. The smallest absolute Gasteiger partial charge is 0.319 e. The molecule has 2 rings (SSSR count). The van der Waals surface area contributed by atoms with Gasteiger partial charge in [0.2, 0.25) is 5.91 Å². The van der Waals surface area contributed by atoms with E-state index in [1.165, 1.54) is 4.90 Å². The van der Waals surface area contributed by atoms with Gasteiger partial charge in [0.1, 0.15) is 12.6 Å². The SMILES string of the molecule is CC(C)[C@H](NC(=O)Nc1cccc(Cl)c1)C(=O)N(CC(=O)NO)CC1CCCC1. The lowest BCUT2D eigenvalue weighted by molar-refractivity contribution is -0.141. The normalized spacial score (nSPS) is 15.1. The van der Waals surface area contributed by atoms with Crippen LogP contribution >= 0.6 is 11.6 Å². The molecule has 0 saturated heterocycles. The van der Waals surface area contributed by atoms with Crippen molar-refractivity contribution in [2.24, 2.45) is 11.8 Å². The number of anilines is 1. The number of hydrogen-bond donors (Lipinski definition) is 4. The van der Waals surface area contributed by atoms with Crippen LogP contribution in [0.2, 0.25) is 5.02 Å². The number of nitrogens with one attached hydrogen (secondary N) is 3. The highest BCUT2D eigenvalue weighted by molar-refractivity contribution is 6.30. The van der Waals surface area contributed by atoms with Gasteiger partial charge in [0.15, 0.2) is 0 Å². The maximum atomic E-state index is 13.2. The molecule has 1 aromatic carbocycles. The summed E-state index contributed by atoms with van der Waals surface area (Å²) in [6, 6.07) is 5.34. The van der Waals surface area contributed by atoms with Crippen LogP contribution in [-0.2, 0) is 9.59 Å². The minimum Gasteiger partial charge on any atom is -0.331 e. The molecule has 1 aromatic rings. The first-order valence-electron chi connectivity index (χ1n) is 9.85. The summed E-state index contributed by atoms with van der Waals surface area (Å²) in [7, 11) is 0. The highest BCUT2D eigenvalue weighted by Gasteiger charge is 2.31. The highest BCUT2D eigenvalue weighted by atomic mass is 35.5. The summed E-state index contributed by atoms with van der Waals surface area (Å²) in [4.78, 5) is 38.7.